The van der Waals surface area contributed by atoms with Crippen molar-refractivity contribution in [1.82, 2.24) is 25.2 Å². The van der Waals surface area contributed by atoms with Gasteiger partial charge in [0.15, 0.2) is 10.4 Å². The first kappa shape index (κ1) is 12.1. The van der Waals surface area contributed by atoms with E-state index in [9.17, 15) is 0 Å². The van der Waals surface area contributed by atoms with Crippen LogP contribution in [0.5, 0.6) is 0 Å². The van der Waals surface area contributed by atoms with E-state index in [0.29, 0.717) is 27.9 Å². The van der Waals surface area contributed by atoms with E-state index in [4.69, 9.17) is 13.9 Å². The molecule has 8 nitrogen and oxygen atoms in total. The zero-order chi connectivity index (χ0) is 13.2. The number of rotatable bonds is 4. The van der Waals surface area contributed by atoms with Gasteiger partial charge >= 0.3 is 0 Å². The molecule has 0 unspecified atom stereocenters. The van der Waals surface area contributed by atoms with E-state index in [-0.39, 0.29) is 13.2 Å². The second-order valence-electron chi connectivity index (χ2n) is 3.67. The molecule has 3 rings (SSSR count). The second-order valence-corrected chi connectivity index (χ2v) is 4.45. The van der Waals surface area contributed by atoms with Gasteiger partial charge in [-0.25, -0.2) is 4.68 Å². The Morgan fingerprint density at radius 1 is 1.21 bits per heavy atom. The van der Waals surface area contributed by atoms with Gasteiger partial charge in [0.1, 0.15) is 12.2 Å². The molecule has 0 aliphatic carbocycles. The molecule has 0 fully saturated rings. The molecule has 3 aromatic rings. The summed E-state index contributed by atoms with van der Waals surface area (Å²) in [5.74, 6) is 1.15. The van der Waals surface area contributed by atoms with Crippen molar-refractivity contribution < 1.29 is 13.9 Å². The standard InChI is InChI=1S/C10H8BrN5O3/c11-8-2-1-7(18-8)10-14-13-9(19-10)4-16-3-6(5-17)12-15-16/h1-3,17H,4-5H2. The Balaban J connectivity index is 1.78. The molecule has 3 aromatic heterocycles. The lowest BCUT2D eigenvalue weighted by Crippen LogP contribution is -2.00. The van der Waals surface area contributed by atoms with Gasteiger partial charge in [0.2, 0.25) is 5.89 Å². The Morgan fingerprint density at radius 3 is 2.79 bits per heavy atom. The fourth-order valence-corrected chi connectivity index (χ4v) is 1.78. The van der Waals surface area contributed by atoms with E-state index in [1.54, 1.807) is 18.3 Å². The van der Waals surface area contributed by atoms with Crippen LogP contribution in [0.15, 0.2) is 31.8 Å². The van der Waals surface area contributed by atoms with Crippen LogP contribution < -0.4 is 0 Å². The highest BCUT2D eigenvalue weighted by Crippen LogP contribution is 2.23. The largest absolute Gasteiger partial charge is 0.444 e. The van der Waals surface area contributed by atoms with Crippen LogP contribution in [0, 0.1) is 0 Å². The molecule has 0 spiro atoms. The van der Waals surface area contributed by atoms with Crippen LogP contribution >= 0.6 is 15.9 Å². The number of halogens is 1. The fourth-order valence-electron chi connectivity index (χ4n) is 1.47. The molecule has 0 saturated heterocycles. The lowest BCUT2D eigenvalue weighted by atomic mass is 10.4. The maximum absolute atomic E-state index is 8.89. The van der Waals surface area contributed by atoms with Crippen LogP contribution in [-0.4, -0.2) is 30.3 Å². The molecule has 0 aliphatic heterocycles. The molecule has 0 amide bonds. The van der Waals surface area contributed by atoms with Gasteiger partial charge in [-0.2, -0.15) is 0 Å². The van der Waals surface area contributed by atoms with Crippen molar-refractivity contribution in [2.24, 2.45) is 0 Å². The summed E-state index contributed by atoms with van der Waals surface area (Å²) < 4.78 is 12.8. The van der Waals surface area contributed by atoms with Crippen molar-refractivity contribution in [1.29, 1.82) is 0 Å². The highest BCUT2D eigenvalue weighted by Gasteiger charge is 2.13. The molecule has 0 aliphatic rings. The van der Waals surface area contributed by atoms with E-state index < -0.39 is 0 Å². The molecule has 9 heteroatoms. The summed E-state index contributed by atoms with van der Waals surface area (Å²) in [6.07, 6.45) is 1.60. The third kappa shape index (κ3) is 2.56. The molecule has 0 radical (unpaired) electrons. The van der Waals surface area contributed by atoms with Crippen molar-refractivity contribution in [3.8, 4) is 11.7 Å². The molecule has 0 aromatic carbocycles. The first-order chi connectivity index (χ1) is 9.24. The highest BCUT2D eigenvalue weighted by molar-refractivity contribution is 9.10. The topological polar surface area (TPSA) is 103 Å². The highest BCUT2D eigenvalue weighted by atomic mass is 79.9. The zero-order valence-electron chi connectivity index (χ0n) is 9.52. The molecule has 1 N–H and O–H groups in total. The Bertz CT molecular complexity index is 689. The Hall–Kier alpha value is -2.00. The summed E-state index contributed by atoms with van der Waals surface area (Å²) in [5.41, 5.74) is 0.481. The quantitative estimate of drug-likeness (QED) is 0.769. The predicted octanol–water partition coefficient (Wildman–Crippen LogP) is 1.22. The van der Waals surface area contributed by atoms with Gasteiger partial charge in [-0.05, 0) is 28.1 Å². The third-order valence-corrected chi connectivity index (χ3v) is 2.72. The molecule has 3 heterocycles. The maximum atomic E-state index is 8.89. The van der Waals surface area contributed by atoms with Crippen molar-refractivity contribution in [3.63, 3.8) is 0 Å². The molecule has 0 atom stereocenters. The Labute approximate surface area is 115 Å². The number of hydrogen-bond acceptors (Lipinski definition) is 7. The zero-order valence-corrected chi connectivity index (χ0v) is 11.1. The maximum Gasteiger partial charge on any atom is 0.283 e. The monoisotopic (exact) mass is 325 g/mol. The van der Waals surface area contributed by atoms with Gasteiger partial charge in [-0.1, -0.05) is 5.21 Å². The minimum absolute atomic E-state index is 0.157. The smallest absolute Gasteiger partial charge is 0.283 e. The second kappa shape index (κ2) is 4.94. The lowest BCUT2D eigenvalue weighted by molar-refractivity contribution is 0.276. The van der Waals surface area contributed by atoms with Crippen molar-refractivity contribution >= 4 is 15.9 Å². The van der Waals surface area contributed by atoms with Gasteiger partial charge in [0.05, 0.1) is 12.8 Å². The molecule has 0 bridgehead atoms. The third-order valence-electron chi connectivity index (χ3n) is 2.30. The number of aromatic nitrogens is 5. The van der Waals surface area contributed by atoms with Gasteiger partial charge in [0.25, 0.3) is 5.89 Å². The minimum Gasteiger partial charge on any atom is -0.444 e. The van der Waals surface area contributed by atoms with Crippen molar-refractivity contribution in [2.75, 3.05) is 0 Å². The molecular weight excluding hydrogens is 318 g/mol. The summed E-state index contributed by atoms with van der Waals surface area (Å²) in [4.78, 5) is 0. The van der Waals surface area contributed by atoms with Crippen molar-refractivity contribution in [2.45, 2.75) is 13.2 Å². The van der Waals surface area contributed by atoms with Gasteiger partial charge < -0.3 is 13.9 Å². The number of aliphatic hydroxyl groups is 1. The molecule has 0 saturated carbocycles. The Kier molecular flexibility index (Phi) is 3.13. The van der Waals surface area contributed by atoms with Crippen LogP contribution in [0.4, 0.5) is 0 Å². The molecule has 98 valence electrons. The first-order valence-corrected chi connectivity index (χ1v) is 6.12. The Morgan fingerprint density at radius 2 is 2.11 bits per heavy atom. The minimum atomic E-state index is -0.157. The van der Waals surface area contributed by atoms with Crippen LogP contribution in [0.1, 0.15) is 11.6 Å². The summed E-state index contributed by atoms with van der Waals surface area (Å²) in [6, 6.07) is 3.46. The van der Waals surface area contributed by atoms with E-state index in [2.05, 4.69) is 36.4 Å². The summed E-state index contributed by atoms with van der Waals surface area (Å²) in [6.45, 7) is 0.122. The van der Waals surface area contributed by atoms with Crippen LogP contribution in [0.2, 0.25) is 0 Å². The van der Waals surface area contributed by atoms with Crippen molar-refractivity contribution in [3.05, 3.63) is 34.6 Å². The van der Waals surface area contributed by atoms with E-state index in [0.717, 1.165) is 0 Å². The predicted molar refractivity (Wildman–Crippen MR) is 64.7 cm³/mol. The SMILES string of the molecule is OCc1cn(Cc2nnc(-c3ccc(Br)o3)o2)nn1. The normalized spacial score (nSPS) is 11.1. The molecular formula is C10H8BrN5O3. The number of furan rings is 1. The summed E-state index contributed by atoms with van der Waals surface area (Å²) >= 11 is 3.20. The van der Waals surface area contributed by atoms with E-state index >= 15 is 0 Å². The van der Waals surface area contributed by atoms with Crippen LogP contribution in [-0.2, 0) is 13.2 Å². The van der Waals surface area contributed by atoms with Crippen LogP contribution in [0.25, 0.3) is 11.7 Å². The van der Waals surface area contributed by atoms with Gasteiger partial charge in [0, 0.05) is 0 Å². The van der Waals surface area contributed by atoms with Gasteiger partial charge in [-0.15, -0.1) is 15.3 Å². The number of nitrogens with zero attached hydrogens (tertiary/aromatic N) is 5. The van der Waals surface area contributed by atoms with E-state index in [1.807, 2.05) is 0 Å². The summed E-state index contributed by atoms with van der Waals surface area (Å²) in [5, 5.41) is 24.2. The molecule has 19 heavy (non-hydrogen) atoms. The van der Waals surface area contributed by atoms with E-state index in [1.165, 1.54) is 4.68 Å². The number of hydrogen-bond donors (Lipinski definition) is 1. The van der Waals surface area contributed by atoms with Gasteiger partial charge in [-0.3, -0.25) is 0 Å². The lowest BCUT2D eigenvalue weighted by Gasteiger charge is -1.92. The number of aliphatic hydroxyl groups excluding tert-OH is 1. The fraction of sp³-hybridized carbons (Fsp3) is 0.200. The average molecular weight is 326 g/mol. The van der Waals surface area contributed by atoms with Crippen LogP contribution in [0.3, 0.4) is 0 Å². The summed E-state index contributed by atoms with van der Waals surface area (Å²) in [7, 11) is 0. The average Bonchev–Trinajstić information content (AvgIpc) is 3.10. The first-order valence-electron chi connectivity index (χ1n) is 5.32.